The smallest absolute Gasteiger partial charge is 0.338 e. The number of pyridine rings is 1. The minimum absolute atomic E-state index is 0.281. The van der Waals surface area contributed by atoms with Gasteiger partial charge in [-0.3, -0.25) is 0 Å². The second-order valence-electron chi connectivity index (χ2n) is 7.60. The lowest BCUT2D eigenvalue weighted by molar-refractivity contribution is 0.00692. The molecule has 0 unspecified atom stereocenters. The van der Waals surface area contributed by atoms with Crippen LogP contribution < -0.4 is 5.32 Å². The molecule has 1 N–H and O–H groups in total. The zero-order valence-corrected chi connectivity index (χ0v) is 14.4. The van der Waals surface area contributed by atoms with Gasteiger partial charge in [-0.25, -0.2) is 9.78 Å². The molecule has 0 aliphatic heterocycles. The highest BCUT2D eigenvalue weighted by atomic mass is 16.6. The van der Waals surface area contributed by atoms with Gasteiger partial charge in [0.25, 0.3) is 0 Å². The second-order valence-corrected chi connectivity index (χ2v) is 7.60. The summed E-state index contributed by atoms with van der Waals surface area (Å²) < 4.78 is 5.49. The largest absolute Gasteiger partial charge is 0.456 e. The molecular weight excluding hydrogens is 276 g/mol. The fourth-order valence-electron chi connectivity index (χ4n) is 2.40. The number of hydrogen-bond acceptors (Lipinski definition) is 4. The van der Waals surface area contributed by atoms with E-state index in [1.54, 1.807) is 0 Å². The average molecular weight is 304 g/mol. The fourth-order valence-corrected chi connectivity index (χ4v) is 2.40. The van der Waals surface area contributed by atoms with E-state index in [1.807, 2.05) is 32.9 Å². The van der Waals surface area contributed by atoms with Gasteiger partial charge in [-0.2, -0.15) is 0 Å². The van der Waals surface area contributed by atoms with Crippen LogP contribution >= 0.6 is 0 Å². The molecule has 0 bridgehead atoms. The van der Waals surface area contributed by atoms with Crippen molar-refractivity contribution in [1.29, 1.82) is 0 Å². The van der Waals surface area contributed by atoms with Gasteiger partial charge in [-0.05, 0) is 64.5 Å². The van der Waals surface area contributed by atoms with Gasteiger partial charge in [0.05, 0.1) is 5.56 Å². The van der Waals surface area contributed by atoms with E-state index in [1.165, 1.54) is 19.3 Å². The van der Waals surface area contributed by atoms with Gasteiger partial charge in [0.2, 0.25) is 0 Å². The van der Waals surface area contributed by atoms with Gasteiger partial charge in [0, 0.05) is 11.7 Å². The number of nitrogens with zero attached hydrogens (tertiary/aromatic N) is 1. The Morgan fingerprint density at radius 2 is 2.05 bits per heavy atom. The molecule has 1 fully saturated rings. The molecule has 2 rings (SSSR count). The van der Waals surface area contributed by atoms with E-state index in [0.29, 0.717) is 17.5 Å². The predicted molar refractivity (Wildman–Crippen MR) is 89.2 cm³/mol. The first-order valence-electron chi connectivity index (χ1n) is 8.24. The molecule has 0 amide bonds. The highest BCUT2D eigenvalue weighted by Crippen LogP contribution is 2.24. The first-order chi connectivity index (χ1) is 10.2. The third-order valence-corrected chi connectivity index (χ3v) is 3.59. The van der Waals surface area contributed by atoms with Crippen LogP contribution in [0.1, 0.15) is 69.9 Å². The van der Waals surface area contributed by atoms with E-state index in [0.717, 1.165) is 17.9 Å². The molecule has 0 aromatic carbocycles. The van der Waals surface area contributed by atoms with Crippen LogP contribution in [-0.2, 0) is 11.2 Å². The quantitative estimate of drug-likeness (QED) is 0.828. The Hall–Kier alpha value is -1.58. The molecule has 1 aliphatic rings. The van der Waals surface area contributed by atoms with Gasteiger partial charge in [0.1, 0.15) is 11.4 Å². The summed E-state index contributed by atoms with van der Waals surface area (Å²) >= 11 is 0. The van der Waals surface area contributed by atoms with Gasteiger partial charge in [-0.1, -0.05) is 13.8 Å². The van der Waals surface area contributed by atoms with Crippen LogP contribution in [0.2, 0.25) is 0 Å². The van der Waals surface area contributed by atoms with Crippen LogP contribution in [-0.4, -0.2) is 22.6 Å². The summed E-state index contributed by atoms with van der Waals surface area (Å²) in [5, 5.41) is 3.43. The van der Waals surface area contributed by atoms with Crippen molar-refractivity contribution in [2.45, 2.75) is 71.9 Å². The van der Waals surface area contributed by atoms with Gasteiger partial charge < -0.3 is 10.1 Å². The molecule has 0 spiro atoms. The highest BCUT2D eigenvalue weighted by molar-refractivity contribution is 5.90. The maximum absolute atomic E-state index is 12.3. The van der Waals surface area contributed by atoms with Crippen LogP contribution in [0.4, 0.5) is 5.82 Å². The predicted octanol–water partition coefficient (Wildman–Crippen LogP) is 4.20. The standard InChI is InChI=1S/C18H28N2O2/c1-12(2)9-15-10-13(17(21)22-18(3,4)5)11-16(20-15)19-14-7-6-8-14/h10-12,14H,6-9H2,1-5H3,(H,19,20). The van der Waals surface area contributed by atoms with Crippen LogP contribution in [0.25, 0.3) is 0 Å². The van der Waals surface area contributed by atoms with Crippen LogP contribution in [0.5, 0.6) is 0 Å². The van der Waals surface area contributed by atoms with Gasteiger partial charge in [-0.15, -0.1) is 0 Å². The molecule has 0 atom stereocenters. The van der Waals surface area contributed by atoms with Crippen molar-refractivity contribution in [1.82, 2.24) is 4.98 Å². The molecule has 1 aromatic heterocycles. The number of aromatic nitrogens is 1. The number of ether oxygens (including phenoxy) is 1. The Bertz CT molecular complexity index is 528. The molecule has 1 aromatic rings. The maximum Gasteiger partial charge on any atom is 0.338 e. The number of esters is 1. The van der Waals surface area contributed by atoms with Gasteiger partial charge >= 0.3 is 5.97 Å². The van der Waals surface area contributed by atoms with Crippen LogP contribution in [0.15, 0.2) is 12.1 Å². The summed E-state index contributed by atoms with van der Waals surface area (Å²) in [4.78, 5) is 17.0. The molecular formula is C18H28N2O2. The van der Waals surface area contributed by atoms with E-state index in [9.17, 15) is 4.79 Å². The molecule has 1 saturated carbocycles. The number of anilines is 1. The third-order valence-electron chi connectivity index (χ3n) is 3.59. The number of rotatable bonds is 5. The fraction of sp³-hybridized carbons (Fsp3) is 0.667. The molecule has 0 saturated heterocycles. The van der Waals surface area contributed by atoms with Crippen molar-refractivity contribution in [3.05, 3.63) is 23.4 Å². The van der Waals surface area contributed by atoms with Crippen LogP contribution in [0.3, 0.4) is 0 Å². The molecule has 1 heterocycles. The zero-order valence-electron chi connectivity index (χ0n) is 14.4. The molecule has 0 radical (unpaired) electrons. The van der Waals surface area contributed by atoms with Gasteiger partial charge in [0.15, 0.2) is 0 Å². The lowest BCUT2D eigenvalue weighted by Crippen LogP contribution is -2.28. The monoisotopic (exact) mass is 304 g/mol. The Labute approximate surface area is 133 Å². The first-order valence-corrected chi connectivity index (χ1v) is 8.24. The topological polar surface area (TPSA) is 51.2 Å². The average Bonchev–Trinajstić information content (AvgIpc) is 2.30. The summed E-state index contributed by atoms with van der Waals surface area (Å²) in [5.41, 5.74) is 1.04. The van der Waals surface area contributed by atoms with Crippen molar-refractivity contribution in [3.63, 3.8) is 0 Å². The Balaban J connectivity index is 2.22. The Morgan fingerprint density at radius 1 is 1.36 bits per heavy atom. The Kier molecular flexibility index (Phi) is 5.09. The van der Waals surface area contributed by atoms with Crippen molar-refractivity contribution in [3.8, 4) is 0 Å². The van der Waals surface area contributed by atoms with E-state index in [4.69, 9.17) is 4.74 Å². The third kappa shape index (κ3) is 5.00. The van der Waals surface area contributed by atoms with Crippen molar-refractivity contribution >= 4 is 11.8 Å². The number of carbonyl (C=O) groups excluding carboxylic acids is 1. The molecule has 1 aliphatic carbocycles. The molecule has 4 heteroatoms. The summed E-state index contributed by atoms with van der Waals surface area (Å²) in [6.45, 7) is 9.96. The number of carbonyl (C=O) groups is 1. The number of hydrogen-bond donors (Lipinski definition) is 1. The number of nitrogens with one attached hydrogen (secondary N) is 1. The summed E-state index contributed by atoms with van der Waals surface area (Å²) in [6, 6.07) is 4.17. The summed E-state index contributed by atoms with van der Waals surface area (Å²) in [7, 11) is 0. The zero-order chi connectivity index (χ0) is 16.3. The first kappa shape index (κ1) is 16.8. The van der Waals surface area contributed by atoms with E-state index < -0.39 is 5.60 Å². The Morgan fingerprint density at radius 3 is 2.55 bits per heavy atom. The van der Waals surface area contributed by atoms with Crippen molar-refractivity contribution in [2.24, 2.45) is 5.92 Å². The lowest BCUT2D eigenvalue weighted by Gasteiger charge is -2.27. The van der Waals surface area contributed by atoms with E-state index in [2.05, 4.69) is 24.1 Å². The van der Waals surface area contributed by atoms with E-state index >= 15 is 0 Å². The minimum atomic E-state index is -0.486. The maximum atomic E-state index is 12.3. The van der Waals surface area contributed by atoms with Crippen molar-refractivity contribution in [2.75, 3.05) is 5.32 Å². The van der Waals surface area contributed by atoms with E-state index in [-0.39, 0.29) is 5.97 Å². The summed E-state index contributed by atoms with van der Waals surface area (Å²) in [6.07, 6.45) is 4.48. The lowest BCUT2D eigenvalue weighted by atomic mass is 9.93. The van der Waals surface area contributed by atoms with Crippen molar-refractivity contribution < 1.29 is 9.53 Å². The molecule has 4 nitrogen and oxygen atoms in total. The molecule has 122 valence electrons. The van der Waals surface area contributed by atoms with Crippen LogP contribution in [0, 0.1) is 5.92 Å². The molecule has 22 heavy (non-hydrogen) atoms. The highest BCUT2D eigenvalue weighted by Gasteiger charge is 2.21. The SMILES string of the molecule is CC(C)Cc1cc(C(=O)OC(C)(C)C)cc(NC2CCC2)n1. The second kappa shape index (κ2) is 6.67. The summed E-state index contributed by atoms with van der Waals surface area (Å²) in [5.74, 6) is 1.01. The minimum Gasteiger partial charge on any atom is -0.456 e. The normalized spacial score (nSPS) is 15.5.